The van der Waals surface area contributed by atoms with E-state index in [1.165, 1.54) is 13.2 Å². The first-order chi connectivity index (χ1) is 8.69. The van der Waals surface area contributed by atoms with Crippen LogP contribution < -0.4 is 5.32 Å². The molecular formula is C13H15F3N2O. The third-order valence-corrected chi connectivity index (χ3v) is 2.71. The molecule has 0 saturated carbocycles. The van der Waals surface area contributed by atoms with Crippen LogP contribution in [0.1, 0.15) is 25.0 Å². The number of hydrogen-bond acceptors (Lipinski definition) is 3. The first-order valence-electron chi connectivity index (χ1n) is 5.60. The third kappa shape index (κ3) is 4.14. The normalized spacial score (nSPS) is 12.1. The largest absolute Gasteiger partial charge is 0.418 e. The molecule has 0 heterocycles. The Labute approximate surface area is 110 Å². The fraction of sp³-hybridized carbons (Fsp3) is 0.462. The molecule has 0 spiro atoms. The monoisotopic (exact) mass is 272 g/mol. The van der Waals surface area contributed by atoms with Gasteiger partial charge in [-0.05, 0) is 32.0 Å². The molecule has 1 aromatic carbocycles. The predicted molar refractivity (Wildman–Crippen MR) is 65.7 cm³/mol. The van der Waals surface area contributed by atoms with Crippen LogP contribution in [0, 0.1) is 11.3 Å². The molecule has 1 N–H and O–H groups in total. The van der Waals surface area contributed by atoms with Crippen molar-refractivity contribution in [1.29, 1.82) is 5.26 Å². The van der Waals surface area contributed by atoms with Crippen LogP contribution in [0.2, 0.25) is 0 Å². The lowest BCUT2D eigenvalue weighted by molar-refractivity contribution is -0.137. The van der Waals surface area contributed by atoms with Gasteiger partial charge in [-0.25, -0.2) is 0 Å². The maximum absolute atomic E-state index is 12.8. The molecule has 6 heteroatoms. The van der Waals surface area contributed by atoms with Crippen molar-refractivity contribution < 1.29 is 17.9 Å². The number of benzene rings is 1. The average molecular weight is 272 g/mol. The van der Waals surface area contributed by atoms with Gasteiger partial charge < -0.3 is 10.1 Å². The van der Waals surface area contributed by atoms with Crippen molar-refractivity contribution in [2.45, 2.75) is 25.6 Å². The second-order valence-corrected chi connectivity index (χ2v) is 4.69. The second-order valence-electron chi connectivity index (χ2n) is 4.69. The molecule has 1 aromatic rings. The van der Waals surface area contributed by atoms with E-state index in [0.29, 0.717) is 0 Å². The Balaban J connectivity index is 3.06. The zero-order chi connectivity index (χ0) is 14.7. The second kappa shape index (κ2) is 5.49. The SMILES string of the molecule is COC(C)(C)CNc1cc(C#N)ccc1C(F)(F)F. The number of hydrogen-bond donors (Lipinski definition) is 1. The van der Waals surface area contributed by atoms with Gasteiger partial charge in [-0.15, -0.1) is 0 Å². The van der Waals surface area contributed by atoms with Crippen LogP contribution >= 0.6 is 0 Å². The minimum Gasteiger partial charge on any atom is -0.382 e. The van der Waals surface area contributed by atoms with Gasteiger partial charge in [0.2, 0.25) is 0 Å². The lowest BCUT2D eigenvalue weighted by Gasteiger charge is -2.25. The summed E-state index contributed by atoms with van der Waals surface area (Å²) in [7, 11) is 1.48. The van der Waals surface area contributed by atoms with Gasteiger partial charge in [0.15, 0.2) is 0 Å². The van der Waals surface area contributed by atoms with Crippen LogP contribution in [0.15, 0.2) is 18.2 Å². The van der Waals surface area contributed by atoms with Crippen LogP contribution in [-0.2, 0) is 10.9 Å². The lowest BCUT2D eigenvalue weighted by atomic mass is 10.1. The fourth-order valence-corrected chi connectivity index (χ4v) is 1.39. The van der Waals surface area contributed by atoms with E-state index in [0.717, 1.165) is 12.1 Å². The number of halogens is 3. The molecule has 0 aliphatic heterocycles. The average Bonchev–Trinajstić information content (AvgIpc) is 2.35. The molecule has 0 aliphatic rings. The molecule has 0 bridgehead atoms. The number of methoxy groups -OCH3 is 1. The van der Waals surface area contributed by atoms with E-state index in [9.17, 15) is 13.2 Å². The van der Waals surface area contributed by atoms with Crippen molar-refractivity contribution in [2.24, 2.45) is 0 Å². The van der Waals surface area contributed by atoms with E-state index in [-0.39, 0.29) is 17.8 Å². The minimum absolute atomic E-state index is 0.114. The first-order valence-corrected chi connectivity index (χ1v) is 5.60. The van der Waals surface area contributed by atoms with Gasteiger partial charge in [0.1, 0.15) is 0 Å². The Bertz CT molecular complexity index is 490. The standard InChI is InChI=1S/C13H15F3N2O/c1-12(2,19-3)8-18-11-6-9(7-17)4-5-10(11)13(14,15)16/h4-6,18H,8H2,1-3H3. The lowest BCUT2D eigenvalue weighted by Crippen LogP contribution is -2.32. The van der Waals surface area contributed by atoms with Crippen LogP contribution in [0.5, 0.6) is 0 Å². The highest BCUT2D eigenvalue weighted by Crippen LogP contribution is 2.35. The van der Waals surface area contributed by atoms with Gasteiger partial charge in [0.25, 0.3) is 0 Å². The van der Waals surface area contributed by atoms with E-state index in [1.807, 2.05) is 6.07 Å². The smallest absolute Gasteiger partial charge is 0.382 e. The Morgan fingerprint density at radius 3 is 2.42 bits per heavy atom. The molecule has 0 radical (unpaired) electrons. The molecule has 0 aliphatic carbocycles. The summed E-state index contributed by atoms with van der Waals surface area (Å²) in [6.45, 7) is 3.70. The van der Waals surface area contributed by atoms with Crippen LogP contribution in [0.4, 0.5) is 18.9 Å². The quantitative estimate of drug-likeness (QED) is 0.913. The van der Waals surface area contributed by atoms with Crippen molar-refractivity contribution in [3.63, 3.8) is 0 Å². The minimum atomic E-state index is -4.46. The third-order valence-electron chi connectivity index (χ3n) is 2.71. The number of ether oxygens (including phenoxy) is 1. The van der Waals surface area contributed by atoms with Crippen LogP contribution in [-0.4, -0.2) is 19.3 Å². The summed E-state index contributed by atoms with van der Waals surface area (Å²) in [4.78, 5) is 0. The first kappa shape index (κ1) is 15.3. The fourth-order valence-electron chi connectivity index (χ4n) is 1.39. The van der Waals surface area contributed by atoms with Gasteiger partial charge >= 0.3 is 6.18 Å². The predicted octanol–water partition coefficient (Wildman–Crippen LogP) is 3.41. The van der Waals surface area contributed by atoms with E-state index in [4.69, 9.17) is 10.00 Å². The summed E-state index contributed by atoms with van der Waals surface area (Å²) in [5.41, 5.74) is -1.34. The number of nitrogens with one attached hydrogen (secondary N) is 1. The van der Waals surface area contributed by atoms with Crippen molar-refractivity contribution >= 4 is 5.69 Å². The van der Waals surface area contributed by atoms with E-state index < -0.39 is 17.3 Å². The van der Waals surface area contributed by atoms with Crippen molar-refractivity contribution in [2.75, 3.05) is 19.0 Å². The zero-order valence-corrected chi connectivity index (χ0v) is 10.9. The van der Waals surface area contributed by atoms with Gasteiger partial charge in [-0.2, -0.15) is 18.4 Å². The molecule has 104 valence electrons. The summed E-state index contributed by atoms with van der Waals surface area (Å²) in [6.07, 6.45) is -4.46. The Morgan fingerprint density at radius 1 is 1.32 bits per heavy atom. The van der Waals surface area contributed by atoms with Gasteiger partial charge in [-0.3, -0.25) is 0 Å². The van der Waals surface area contributed by atoms with Crippen molar-refractivity contribution in [3.8, 4) is 6.07 Å². The number of anilines is 1. The molecular weight excluding hydrogens is 257 g/mol. The summed E-state index contributed by atoms with van der Waals surface area (Å²) in [5.74, 6) is 0. The van der Waals surface area contributed by atoms with E-state index in [2.05, 4.69) is 5.32 Å². The summed E-state index contributed by atoms with van der Waals surface area (Å²) in [6, 6.07) is 5.06. The van der Waals surface area contributed by atoms with Crippen molar-refractivity contribution in [1.82, 2.24) is 0 Å². The van der Waals surface area contributed by atoms with Gasteiger partial charge in [0, 0.05) is 19.3 Å². The van der Waals surface area contributed by atoms with Gasteiger partial charge in [-0.1, -0.05) is 0 Å². The molecule has 19 heavy (non-hydrogen) atoms. The zero-order valence-electron chi connectivity index (χ0n) is 10.9. The summed E-state index contributed by atoms with van der Waals surface area (Å²) >= 11 is 0. The molecule has 0 aromatic heterocycles. The number of rotatable bonds is 4. The number of nitrogens with zero attached hydrogens (tertiary/aromatic N) is 1. The number of alkyl halides is 3. The molecule has 0 fully saturated rings. The molecule has 3 nitrogen and oxygen atoms in total. The summed E-state index contributed by atoms with van der Waals surface area (Å²) in [5, 5.41) is 11.4. The maximum atomic E-state index is 12.8. The van der Waals surface area contributed by atoms with Crippen LogP contribution in [0.3, 0.4) is 0 Å². The van der Waals surface area contributed by atoms with E-state index >= 15 is 0 Å². The molecule has 0 unspecified atom stereocenters. The molecule has 0 amide bonds. The van der Waals surface area contributed by atoms with Crippen molar-refractivity contribution in [3.05, 3.63) is 29.3 Å². The Hall–Kier alpha value is -1.74. The topological polar surface area (TPSA) is 45.0 Å². The Morgan fingerprint density at radius 2 is 1.95 bits per heavy atom. The van der Waals surface area contributed by atoms with Gasteiger partial charge in [0.05, 0.1) is 22.8 Å². The highest BCUT2D eigenvalue weighted by atomic mass is 19.4. The molecule has 0 atom stereocenters. The molecule has 0 saturated heterocycles. The highest BCUT2D eigenvalue weighted by molar-refractivity contribution is 5.57. The Kier molecular flexibility index (Phi) is 4.43. The maximum Gasteiger partial charge on any atom is 0.418 e. The number of nitriles is 1. The summed E-state index contributed by atoms with van der Waals surface area (Å²) < 4.78 is 43.6. The molecule has 1 rings (SSSR count). The van der Waals surface area contributed by atoms with Crippen LogP contribution in [0.25, 0.3) is 0 Å². The highest BCUT2D eigenvalue weighted by Gasteiger charge is 2.34. The van der Waals surface area contributed by atoms with E-state index in [1.54, 1.807) is 13.8 Å².